The van der Waals surface area contributed by atoms with E-state index in [0.717, 1.165) is 27.6 Å². The maximum absolute atomic E-state index is 6.31. The number of hydrogen-bond acceptors (Lipinski definition) is 1. The highest BCUT2D eigenvalue weighted by atomic mass is 16.3. The molecule has 3 heteroatoms. The third-order valence-electron chi connectivity index (χ3n) is 11.3. The van der Waals surface area contributed by atoms with Crippen molar-refractivity contribution in [3.8, 4) is 22.5 Å². The van der Waals surface area contributed by atoms with Crippen LogP contribution in [-0.4, -0.2) is 9.13 Å². The van der Waals surface area contributed by atoms with Crippen molar-refractivity contribution in [2.75, 3.05) is 0 Å². The molecule has 246 valence electrons. The standard InChI is InChI=1S/C50H30N2O/c1-2-12-35-33(11-1)29-48(37-14-4-3-13-36(35)37)52-45-19-9-6-16-39(45)43-28-32(22-26-47(43)52)31-21-25-46-42(27-31)38-15-5-8-18-44(38)51(46)34-23-24-41-40-17-7-10-20-49(40)53-50(41)30-34/h1-30H. The predicted octanol–water partition coefficient (Wildman–Crippen LogP) is 13.8. The van der Waals surface area contributed by atoms with Crippen LogP contribution in [0.4, 0.5) is 0 Å². The number of aromatic nitrogens is 2. The van der Waals surface area contributed by atoms with E-state index in [-0.39, 0.29) is 0 Å². The first-order valence-corrected chi connectivity index (χ1v) is 18.2. The molecule has 0 aliphatic carbocycles. The van der Waals surface area contributed by atoms with Crippen molar-refractivity contribution in [3.63, 3.8) is 0 Å². The van der Waals surface area contributed by atoms with Gasteiger partial charge in [-0.15, -0.1) is 0 Å². The second-order valence-electron chi connectivity index (χ2n) is 14.1. The van der Waals surface area contributed by atoms with Crippen LogP contribution in [0.2, 0.25) is 0 Å². The summed E-state index contributed by atoms with van der Waals surface area (Å²) in [7, 11) is 0. The Kier molecular flexibility index (Phi) is 5.77. The van der Waals surface area contributed by atoms with Crippen LogP contribution in [0.25, 0.3) is 110 Å². The average Bonchev–Trinajstić information content (AvgIpc) is 3.87. The molecule has 3 aromatic heterocycles. The fraction of sp³-hybridized carbons (Fsp3) is 0. The summed E-state index contributed by atoms with van der Waals surface area (Å²) in [5.41, 5.74) is 11.3. The molecule has 0 unspecified atom stereocenters. The van der Waals surface area contributed by atoms with E-state index in [2.05, 4.69) is 179 Å². The number of nitrogens with zero attached hydrogens (tertiary/aromatic N) is 2. The highest BCUT2D eigenvalue weighted by molar-refractivity contribution is 6.16. The van der Waals surface area contributed by atoms with Crippen LogP contribution in [0.5, 0.6) is 0 Å². The second-order valence-corrected chi connectivity index (χ2v) is 14.1. The van der Waals surface area contributed by atoms with E-state index < -0.39 is 0 Å². The van der Waals surface area contributed by atoms with Crippen LogP contribution in [-0.2, 0) is 0 Å². The van der Waals surface area contributed by atoms with Gasteiger partial charge in [0, 0.05) is 49.5 Å². The lowest BCUT2D eigenvalue weighted by atomic mass is 9.99. The van der Waals surface area contributed by atoms with E-state index in [9.17, 15) is 0 Å². The zero-order chi connectivity index (χ0) is 34.6. The molecular weight excluding hydrogens is 645 g/mol. The van der Waals surface area contributed by atoms with Gasteiger partial charge in [0.05, 0.1) is 27.8 Å². The number of para-hydroxylation sites is 3. The summed E-state index contributed by atoms with van der Waals surface area (Å²) >= 11 is 0. The van der Waals surface area contributed by atoms with E-state index in [0.29, 0.717) is 0 Å². The van der Waals surface area contributed by atoms with Gasteiger partial charge in [-0.05, 0) is 87.9 Å². The molecule has 12 aromatic rings. The van der Waals surface area contributed by atoms with E-state index in [4.69, 9.17) is 4.42 Å². The first kappa shape index (κ1) is 28.6. The lowest BCUT2D eigenvalue weighted by Gasteiger charge is -2.14. The third-order valence-corrected chi connectivity index (χ3v) is 11.3. The van der Waals surface area contributed by atoms with Crippen molar-refractivity contribution in [1.29, 1.82) is 0 Å². The molecule has 0 atom stereocenters. The molecule has 0 radical (unpaired) electrons. The molecule has 0 aliphatic rings. The van der Waals surface area contributed by atoms with Gasteiger partial charge in [-0.25, -0.2) is 0 Å². The van der Waals surface area contributed by atoms with Crippen molar-refractivity contribution in [2.24, 2.45) is 0 Å². The van der Waals surface area contributed by atoms with Crippen LogP contribution in [0.3, 0.4) is 0 Å². The Morgan fingerprint density at radius 1 is 0.302 bits per heavy atom. The molecule has 0 spiro atoms. The molecule has 0 bridgehead atoms. The van der Waals surface area contributed by atoms with Crippen LogP contribution >= 0.6 is 0 Å². The molecule has 53 heavy (non-hydrogen) atoms. The topological polar surface area (TPSA) is 23.0 Å². The Labute approximate surface area is 304 Å². The van der Waals surface area contributed by atoms with Gasteiger partial charge in [-0.2, -0.15) is 0 Å². The van der Waals surface area contributed by atoms with Crippen molar-refractivity contribution in [2.45, 2.75) is 0 Å². The molecule has 3 nitrogen and oxygen atoms in total. The van der Waals surface area contributed by atoms with Gasteiger partial charge in [-0.1, -0.05) is 115 Å². The van der Waals surface area contributed by atoms with Gasteiger partial charge in [0.25, 0.3) is 0 Å². The largest absolute Gasteiger partial charge is 0.456 e. The molecule has 0 N–H and O–H groups in total. The smallest absolute Gasteiger partial charge is 0.137 e. The monoisotopic (exact) mass is 674 g/mol. The normalized spacial score (nSPS) is 12.2. The molecule has 12 rings (SSSR count). The van der Waals surface area contributed by atoms with Crippen LogP contribution in [0, 0.1) is 0 Å². The van der Waals surface area contributed by atoms with Gasteiger partial charge < -0.3 is 13.6 Å². The Morgan fingerprint density at radius 3 is 1.57 bits per heavy atom. The SMILES string of the molecule is c1ccc2c(c1)cc(-n1c3ccccc3c3cc(-c4ccc5c(c4)c4ccccc4n5-c4ccc5c(c4)oc4ccccc45)ccc31)c1ccccc12. The second kappa shape index (κ2) is 10.7. The number of hydrogen-bond donors (Lipinski definition) is 0. The summed E-state index contributed by atoms with van der Waals surface area (Å²) in [4.78, 5) is 0. The van der Waals surface area contributed by atoms with Crippen molar-refractivity contribution in [3.05, 3.63) is 182 Å². The lowest BCUT2D eigenvalue weighted by Crippen LogP contribution is -1.96. The summed E-state index contributed by atoms with van der Waals surface area (Å²) in [6.07, 6.45) is 0. The van der Waals surface area contributed by atoms with E-state index in [1.807, 2.05) is 12.1 Å². The Bertz CT molecular complexity index is 3470. The van der Waals surface area contributed by atoms with E-state index in [1.165, 1.54) is 82.0 Å². The third kappa shape index (κ3) is 4.05. The molecule has 0 saturated carbocycles. The summed E-state index contributed by atoms with van der Waals surface area (Å²) in [6, 6.07) is 66.2. The van der Waals surface area contributed by atoms with Crippen molar-refractivity contribution >= 4 is 87.1 Å². The average molecular weight is 675 g/mol. The van der Waals surface area contributed by atoms with Crippen molar-refractivity contribution < 1.29 is 4.42 Å². The molecule has 0 saturated heterocycles. The number of benzene rings is 9. The summed E-state index contributed by atoms with van der Waals surface area (Å²) in [5.74, 6) is 0. The minimum Gasteiger partial charge on any atom is -0.456 e. The fourth-order valence-electron chi connectivity index (χ4n) is 8.92. The minimum absolute atomic E-state index is 0.899. The molecule has 3 heterocycles. The Hall–Kier alpha value is -7.10. The summed E-state index contributed by atoms with van der Waals surface area (Å²) < 4.78 is 11.1. The van der Waals surface area contributed by atoms with Crippen LogP contribution in [0.15, 0.2) is 186 Å². The summed E-state index contributed by atoms with van der Waals surface area (Å²) in [5, 5.41) is 12.3. The summed E-state index contributed by atoms with van der Waals surface area (Å²) in [6.45, 7) is 0. The zero-order valence-corrected chi connectivity index (χ0v) is 28.6. The number of fused-ring (bicyclic) bond motifs is 12. The molecular formula is C50H30N2O. The molecule has 0 aliphatic heterocycles. The first-order valence-electron chi connectivity index (χ1n) is 18.2. The highest BCUT2D eigenvalue weighted by Crippen LogP contribution is 2.41. The minimum atomic E-state index is 0.899. The number of rotatable bonds is 3. The lowest BCUT2D eigenvalue weighted by molar-refractivity contribution is 0.668. The van der Waals surface area contributed by atoms with E-state index in [1.54, 1.807) is 0 Å². The van der Waals surface area contributed by atoms with Crippen molar-refractivity contribution in [1.82, 2.24) is 9.13 Å². The Balaban J connectivity index is 1.05. The van der Waals surface area contributed by atoms with Gasteiger partial charge in [0.15, 0.2) is 0 Å². The van der Waals surface area contributed by atoms with Gasteiger partial charge in [-0.3, -0.25) is 0 Å². The zero-order valence-electron chi connectivity index (χ0n) is 28.6. The number of furan rings is 1. The molecule has 0 amide bonds. The molecule has 0 fully saturated rings. The van der Waals surface area contributed by atoms with Gasteiger partial charge >= 0.3 is 0 Å². The first-order chi connectivity index (χ1) is 26.3. The van der Waals surface area contributed by atoms with E-state index >= 15 is 0 Å². The quantitative estimate of drug-likeness (QED) is 0.171. The van der Waals surface area contributed by atoms with Crippen LogP contribution < -0.4 is 0 Å². The maximum atomic E-state index is 6.31. The van der Waals surface area contributed by atoms with Gasteiger partial charge in [0.1, 0.15) is 11.2 Å². The van der Waals surface area contributed by atoms with Crippen LogP contribution in [0.1, 0.15) is 0 Å². The highest BCUT2D eigenvalue weighted by Gasteiger charge is 2.18. The Morgan fingerprint density at radius 2 is 0.830 bits per heavy atom. The maximum Gasteiger partial charge on any atom is 0.137 e. The van der Waals surface area contributed by atoms with Gasteiger partial charge in [0.2, 0.25) is 0 Å². The molecule has 9 aromatic carbocycles. The predicted molar refractivity (Wildman–Crippen MR) is 223 cm³/mol. The fourth-order valence-corrected chi connectivity index (χ4v) is 8.92.